The molecule has 0 amide bonds. The van der Waals surface area contributed by atoms with E-state index in [4.69, 9.17) is 10.1 Å². The number of aromatic nitrogens is 2. The molecular weight excluding hydrogens is 358 g/mol. The molecule has 0 spiro atoms. The van der Waals surface area contributed by atoms with E-state index in [2.05, 4.69) is 73.4 Å². The van der Waals surface area contributed by atoms with Gasteiger partial charge in [-0.15, -0.1) is 0 Å². The van der Waals surface area contributed by atoms with E-state index in [9.17, 15) is 0 Å². The van der Waals surface area contributed by atoms with Gasteiger partial charge in [-0.1, -0.05) is 74.5 Å². The van der Waals surface area contributed by atoms with Gasteiger partial charge in [0.1, 0.15) is 17.6 Å². The fourth-order valence-electron chi connectivity index (χ4n) is 4.27. The molecule has 4 nitrogen and oxygen atoms in total. The molecule has 0 saturated heterocycles. The summed E-state index contributed by atoms with van der Waals surface area (Å²) in [6.07, 6.45) is 1.73. The third kappa shape index (κ3) is 2.92. The number of benzene rings is 3. The summed E-state index contributed by atoms with van der Waals surface area (Å²) in [5.74, 6) is 1.68. The minimum absolute atomic E-state index is 0.0966. The van der Waals surface area contributed by atoms with E-state index in [0.717, 1.165) is 34.4 Å². The van der Waals surface area contributed by atoms with Gasteiger partial charge in [-0.25, -0.2) is 4.98 Å². The summed E-state index contributed by atoms with van der Waals surface area (Å²) >= 11 is 0. The smallest absolute Gasteiger partial charge is 0.228 e. The van der Waals surface area contributed by atoms with E-state index in [1.54, 1.807) is 6.33 Å². The molecule has 0 bridgehead atoms. The highest BCUT2D eigenvalue weighted by Gasteiger charge is 2.33. The van der Waals surface area contributed by atoms with Crippen molar-refractivity contribution >= 4 is 10.8 Å². The first kappa shape index (κ1) is 17.7. The number of fused-ring (bicyclic) bond motifs is 4. The van der Waals surface area contributed by atoms with E-state index >= 15 is 0 Å². The minimum atomic E-state index is -0.0966. The highest BCUT2D eigenvalue weighted by molar-refractivity contribution is 5.90. The molecular formula is C25H23N3O. The maximum absolute atomic E-state index is 8.99. The van der Waals surface area contributed by atoms with Crippen LogP contribution in [-0.2, 0) is 6.54 Å². The van der Waals surface area contributed by atoms with Crippen LogP contribution in [-0.4, -0.2) is 9.55 Å². The van der Waals surface area contributed by atoms with E-state index in [-0.39, 0.29) is 5.92 Å². The molecule has 2 heterocycles. The summed E-state index contributed by atoms with van der Waals surface area (Å²) in [4.78, 5) is 4.61. The molecule has 0 unspecified atom stereocenters. The molecule has 1 aliphatic rings. The van der Waals surface area contributed by atoms with Crippen LogP contribution < -0.4 is 10.2 Å². The Balaban J connectivity index is 1.84. The van der Waals surface area contributed by atoms with Gasteiger partial charge in [0.15, 0.2) is 0 Å². The van der Waals surface area contributed by atoms with Crippen molar-refractivity contribution in [1.82, 2.24) is 9.55 Å². The molecule has 5 rings (SSSR count). The van der Waals surface area contributed by atoms with Crippen LogP contribution in [0.3, 0.4) is 0 Å². The fourth-order valence-corrected chi connectivity index (χ4v) is 4.27. The molecule has 4 aromatic rings. The van der Waals surface area contributed by atoms with Crippen LogP contribution in [0.2, 0.25) is 0 Å². The van der Waals surface area contributed by atoms with Crippen molar-refractivity contribution < 1.29 is 4.74 Å². The average Bonchev–Trinajstić information content (AvgIpc) is 2.74. The Morgan fingerprint density at radius 1 is 0.966 bits per heavy atom. The summed E-state index contributed by atoms with van der Waals surface area (Å²) in [6, 6.07) is 22.9. The summed E-state index contributed by atoms with van der Waals surface area (Å²) in [5, 5.41) is 11.3. The number of hydrogen-bond donors (Lipinski definition) is 1. The Kier molecular flexibility index (Phi) is 4.20. The molecule has 1 aromatic heterocycles. The van der Waals surface area contributed by atoms with Gasteiger partial charge in [-0.3, -0.25) is 5.41 Å². The molecule has 0 aliphatic carbocycles. The maximum Gasteiger partial charge on any atom is 0.228 e. The number of ether oxygens (including phenoxy) is 1. The predicted octanol–water partition coefficient (Wildman–Crippen LogP) is 5.46. The van der Waals surface area contributed by atoms with Gasteiger partial charge in [0, 0.05) is 18.0 Å². The van der Waals surface area contributed by atoms with Crippen LogP contribution >= 0.6 is 0 Å². The van der Waals surface area contributed by atoms with Crippen LogP contribution in [0.1, 0.15) is 36.5 Å². The van der Waals surface area contributed by atoms with Crippen LogP contribution in [0.4, 0.5) is 0 Å². The second-order valence-corrected chi connectivity index (χ2v) is 8.00. The largest absolute Gasteiger partial charge is 0.438 e. The van der Waals surface area contributed by atoms with Crippen molar-refractivity contribution in [1.29, 1.82) is 5.41 Å². The molecule has 4 heteroatoms. The van der Waals surface area contributed by atoms with Crippen LogP contribution in [0.15, 0.2) is 73.1 Å². The third-order valence-corrected chi connectivity index (χ3v) is 5.50. The van der Waals surface area contributed by atoms with Crippen LogP contribution in [0.25, 0.3) is 10.8 Å². The maximum atomic E-state index is 8.99. The van der Waals surface area contributed by atoms with Crippen molar-refractivity contribution in [3.05, 3.63) is 95.2 Å². The Bertz CT molecular complexity index is 1260. The van der Waals surface area contributed by atoms with E-state index in [1.807, 2.05) is 16.7 Å². The first-order chi connectivity index (χ1) is 14.1. The molecule has 1 aliphatic heterocycles. The Morgan fingerprint density at radius 2 is 1.72 bits per heavy atom. The zero-order valence-corrected chi connectivity index (χ0v) is 16.6. The zero-order valence-electron chi connectivity index (χ0n) is 16.6. The number of rotatable bonds is 3. The highest BCUT2D eigenvalue weighted by Crippen LogP contribution is 2.47. The minimum Gasteiger partial charge on any atom is -0.438 e. The lowest BCUT2D eigenvalue weighted by molar-refractivity contribution is 0.415. The quantitative estimate of drug-likeness (QED) is 0.451. The van der Waals surface area contributed by atoms with Crippen molar-refractivity contribution in [2.75, 3.05) is 0 Å². The Labute approximate surface area is 169 Å². The highest BCUT2D eigenvalue weighted by atomic mass is 16.5. The monoisotopic (exact) mass is 381 g/mol. The second-order valence-electron chi connectivity index (χ2n) is 8.00. The third-order valence-electron chi connectivity index (χ3n) is 5.50. The normalized spacial score (nSPS) is 15.1. The molecule has 144 valence electrons. The molecule has 29 heavy (non-hydrogen) atoms. The van der Waals surface area contributed by atoms with Gasteiger partial charge in [0.05, 0.1) is 5.56 Å². The molecule has 1 N–H and O–H groups in total. The molecule has 0 saturated carbocycles. The number of hydrogen-bond acceptors (Lipinski definition) is 3. The number of nitrogens with zero attached hydrogens (tertiary/aromatic N) is 2. The summed E-state index contributed by atoms with van der Waals surface area (Å²) in [7, 11) is 0. The SMILES string of the molecule is CC(C)Cn1cnc2c(c1=N)[C@@H](c1ccccc1)c1c(ccc3ccccc13)O2. The van der Waals surface area contributed by atoms with E-state index in [1.165, 1.54) is 5.39 Å². The summed E-state index contributed by atoms with van der Waals surface area (Å²) in [5.41, 5.74) is 3.56. The van der Waals surface area contributed by atoms with E-state index < -0.39 is 0 Å². The van der Waals surface area contributed by atoms with Crippen molar-refractivity contribution in [2.45, 2.75) is 26.3 Å². The van der Waals surface area contributed by atoms with Crippen molar-refractivity contribution in [2.24, 2.45) is 5.92 Å². The lowest BCUT2D eigenvalue weighted by atomic mass is 9.81. The average molecular weight is 381 g/mol. The Morgan fingerprint density at radius 3 is 2.52 bits per heavy atom. The van der Waals surface area contributed by atoms with Crippen LogP contribution in [0.5, 0.6) is 11.6 Å². The van der Waals surface area contributed by atoms with Gasteiger partial charge in [-0.2, -0.15) is 0 Å². The standard InChI is InChI=1S/C25H23N3O/c1-16(2)14-28-15-27-25-23(24(28)26)21(18-9-4-3-5-10-18)22-19-11-7-6-8-17(19)12-13-20(22)29-25/h3-13,15-16,21,26H,14H2,1-2H3/t21-/m0/s1. The number of nitrogens with one attached hydrogen (secondary N) is 1. The first-order valence-electron chi connectivity index (χ1n) is 10.0. The lowest BCUT2D eigenvalue weighted by Gasteiger charge is -2.30. The fraction of sp³-hybridized carbons (Fsp3) is 0.200. The molecule has 0 radical (unpaired) electrons. The molecule has 1 atom stereocenters. The van der Waals surface area contributed by atoms with Crippen LogP contribution in [0, 0.1) is 11.3 Å². The topological polar surface area (TPSA) is 50.9 Å². The van der Waals surface area contributed by atoms with Gasteiger partial charge in [-0.05, 0) is 28.3 Å². The second kappa shape index (κ2) is 6.89. The predicted molar refractivity (Wildman–Crippen MR) is 114 cm³/mol. The van der Waals surface area contributed by atoms with Crippen molar-refractivity contribution in [3.63, 3.8) is 0 Å². The first-order valence-corrected chi connectivity index (χ1v) is 10.0. The molecule has 0 fully saturated rings. The van der Waals surface area contributed by atoms with Gasteiger partial charge < -0.3 is 9.30 Å². The lowest BCUT2D eigenvalue weighted by Crippen LogP contribution is -2.31. The van der Waals surface area contributed by atoms with Gasteiger partial charge in [0.2, 0.25) is 5.88 Å². The zero-order chi connectivity index (χ0) is 20.0. The van der Waals surface area contributed by atoms with E-state index in [0.29, 0.717) is 17.3 Å². The molecule has 3 aromatic carbocycles. The Hall–Kier alpha value is -3.40. The van der Waals surface area contributed by atoms with Crippen molar-refractivity contribution in [3.8, 4) is 11.6 Å². The summed E-state index contributed by atoms with van der Waals surface area (Å²) < 4.78 is 8.16. The van der Waals surface area contributed by atoms with Gasteiger partial charge in [0.25, 0.3) is 0 Å². The van der Waals surface area contributed by atoms with Gasteiger partial charge >= 0.3 is 0 Å². The summed E-state index contributed by atoms with van der Waals surface area (Å²) in [6.45, 7) is 5.06.